The second-order valence-corrected chi connectivity index (χ2v) is 10.4. The van der Waals surface area contributed by atoms with Gasteiger partial charge in [0.2, 0.25) is 5.91 Å². The Morgan fingerprint density at radius 1 is 1.23 bits per heavy atom. The third-order valence-corrected chi connectivity index (χ3v) is 7.55. The number of fused-ring (bicyclic) bond motifs is 2. The Kier molecular flexibility index (Phi) is 4.61. The largest absolute Gasteiger partial charge is 0.302 e. The SMILES string of the molecule is CS(=O)(=O)c1ccc(-c2csc(NC(=O)C[C@@H]3C[C@@H]4CC[C@@H]3C4)n2)cc1. The van der Waals surface area contributed by atoms with Gasteiger partial charge in [-0.3, -0.25) is 4.79 Å². The molecule has 0 aliphatic heterocycles. The number of anilines is 1. The van der Waals surface area contributed by atoms with Crippen molar-refractivity contribution in [1.29, 1.82) is 0 Å². The maximum Gasteiger partial charge on any atom is 0.226 e. The molecule has 2 aliphatic rings. The minimum atomic E-state index is -3.20. The zero-order valence-electron chi connectivity index (χ0n) is 14.6. The number of carbonyl (C=O) groups excluding carboxylic acids is 1. The number of nitrogens with zero attached hydrogens (tertiary/aromatic N) is 1. The molecule has 2 fully saturated rings. The Bertz CT molecular complexity index is 919. The number of thiazole rings is 1. The van der Waals surface area contributed by atoms with Crippen LogP contribution in [-0.2, 0) is 14.6 Å². The molecule has 1 N–H and O–H groups in total. The summed E-state index contributed by atoms with van der Waals surface area (Å²) in [6, 6.07) is 6.65. The number of benzene rings is 1. The highest BCUT2D eigenvalue weighted by molar-refractivity contribution is 7.90. The highest BCUT2D eigenvalue weighted by atomic mass is 32.2. The van der Waals surface area contributed by atoms with E-state index in [1.165, 1.54) is 43.3 Å². The topological polar surface area (TPSA) is 76.1 Å². The number of sulfone groups is 1. The number of rotatable bonds is 5. The summed E-state index contributed by atoms with van der Waals surface area (Å²) in [7, 11) is -3.20. The van der Waals surface area contributed by atoms with Crippen molar-refractivity contribution in [1.82, 2.24) is 4.98 Å². The van der Waals surface area contributed by atoms with Gasteiger partial charge in [-0.15, -0.1) is 11.3 Å². The third-order valence-electron chi connectivity index (χ3n) is 5.66. The monoisotopic (exact) mass is 390 g/mol. The van der Waals surface area contributed by atoms with Crippen molar-refractivity contribution in [2.75, 3.05) is 11.6 Å². The normalized spacial score (nSPS) is 24.7. The van der Waals surface area contributed by atoms with Gasteiger partial charge in [-0.05, 0) is 49.1 Å². The molecule has 1 amide bonds. The number of hydrogen-bond acceptors (Lipinski definition) is 5. The lowest BCUT2D eigenvalue weighted by Crippen LogP contribution is -2.20. The predicted octanol–water partition coefficient (Wildman–Crippen LogP) is 3.98. The highest BCUT2D eigenvalue weighted by Gasteiger charge is 2.40. The van der Waals surface area contributed by atoms with Gasteiger partial charge >= 0.3 is 0 Å². The summed E-state index contributed by atoms with van der Waals surface area (Å²) in [4.78, 5) is 17.1. The lowest BCUT2D eigenvalue weighted by atomic mass is 9.86. The van der Waals surface area contributed by atoms with Crippen LogP contribution in [0, 0.1) is 17.8 Å². The molecule has 0 unspecified atom stereocenters. The number of aromatic nitrogens is 1. The van der Waals surface area contributed by atoms with Crippen molar-refractivity contribution < 1.29 is 13.2 Å². The molecule has 0 spiro atoms. The summed E-state index contributed by atoms with van der Waals surface area (Å²) in [6.45, 7) is 0. The average Bonchev–Trinajstić information content (AvgIpc) is 3.31. The van der Waals surface area contributed by atoms with E-state index < -0.39 is 9.84 Å². The smallest absolute Gasteiger partial charge is 0.226 e. The minimum Gasteiger partial charge on any atom is -0.302 e. The molecule has 4 rings (SSSR count). The number of nitrogens with one attached hydrogen (secondary N) is 1. The van der Waals surface area contributed by atoms with Crippen LogP contribution < -0.4 is 5.32 Å². The molecule has 26 heavy (non-hydrogen) atoms. The molecule has 138 valence electrons. The summed E-state index contributed by atoms with van der Waals surface area (Å²) < 4.78 is 23.1. The lowest BCUT2D eigenvalue weighted by Gasteiger charge is -2.20. The van der Waals surface area contributed by atoms with Crippen LogP contribution in [0.5, 0.6) is 0 Å². The van der Waals surface area contributed by atoms with Gasteiger partial charge in [0.25, 0.3) is 0 Å². The van der Waals surface area contributed by atoms with Crippen molar-refractivity contribution >= 4 is 32.2 Å². The number of amides is 1. The van der Waals surface area contributed by atoms with Crippen molar-refractivity contribution in [2.24, 2.45) is 17.8 Å². The summed E-state index contributed by atoms with van der Waals surface area (Å²) in [5.74, 6) is 2.18. The summed E-state index contributed by atoms with van der Waals surface area (Å²) in [5, 5.41) is 5.40. The maximum absolute atomic E-state index is 12.3. The van der Waals surface area contributed by atoms with Crippen LogP contribution in [0.15, 0.2) is 34.5 Å². The molecule has 2 saturated carbocycles. The van der Waals surface area contributed by atoms with Gasteiger partial charge in [0.05, 0.1) is 10.6 Å². The van der Waals surface area contributed by atoms with Gasteiger partial charge in [-0.25, -0.2) is 13.4 Å². The van der Waals surface area contributed by atoms with Crippen LogP contribution in [0.3, 0.4) is 0 Å². The van der Waals surface area contributed by atoms with E-state index in [0.717, 1.165) is 23.1 Å². The van der Waals surface area contributed by atoms with Crippen LogP contribution in [0.1, 0.15) is 32.1 Å². The Morgan fingerprint density at radius 2 is 2.00 bits per heavy atom. The fraction of sp³-hybridized carbons (Fsp3) is 0.474. The molecule has 0 saturated heterocycles. The molecule has 5 nitrogen and oxygen atoms in total. The van der Waals surface area contributed by atoms with Crippen LogP contribution in [0.4, 0.5) is 5.13 Å². The second kappa shape index (κ2) is 6.78. The van der Waals surface area contributed by atoms with Gasteiger partial charge < -0.3 is 5.32 Å². The molecule has 7 heteroatoms. The van der Waals surface area contributed by atoms with Crippen molar-refractivity contribution in [3.63, 3.8) is 0 Å². The first-order chi connectivity index (χ1) is 12.4. The van der Waals surface area contributed by atoms with E-state index in [0.29, 0.717) is 17.5 Å². The molecule has 2 aromatic rings. The molecule has 0 radical (unpaired) electrons. The molecular weight excluding hydrogens is 368 g/mol. The second-order valence-electron chi connectivity index (χ2n) is 7.52. The fourth-order valence-corrected chi connectivity index (χ4v) is 5.74. The summed E-state index contributed by atoms with van der Waals surface area (Å²) in [5.41, 5.74) is 1.58. The lowest BCUT2D eigenvalue weighted by molar-refractivity contribution is -0.117. The molecule has 1 aromatic carbocycles. The summed E-state index contributed by atoms with van der Waals surface area (Å²) in [6.07, 6.45) is 6.93. The number of carbonyl (C=O) groups is 1. The van der Waals surface area contributed by atoms with Crippen LogP contribution in [0.25, 0.3) is 11.3 Å². The summed E-state index contributed by atoms with van der Waals surface area (Å²) >= 11 is 1.39. The Balaban J connectivity index is 1.39. The first-order valence-electron chi connectivity index (χ1n) is 8.94. The zero-order valence-corrected chi connectivity index (χ0v) is 16.3. The van der Waals surface area contributed by atoms with Gasteiger partial charge in [0.1, 0.15) is 0 Å². The molecule has 2 bridgehead atoms. The minimum absolute atomic E-state index is 0.0517. The number of hydrogen-bond donors (Lipinski definition) is 1. The predicted molar refractivity (Wildman–Crippen MR) is 103 cm³/mol. The zero-order chi connectivity index (χ0) is 18.3. The fourth-order valence-electron chi connectivity index (χ4n) is 4.37. The first-order valence-corrected chi connectivity index (χ1v) is 11.7. The van der Waals surface area contributed by atoms with Crippen molar-refractivity contribution in [3.05, 3.63) is 29.6 Å². The van der Waals surface area contributed by atoms with E-state index in [-0.39, 0.29) is 10.8 Å². The van der Waals surface area contributed by atoms with Gasteiger partial charge in [0.15, 0.2) is 15.0 Å². The van der Waals surface area contributed by atoms with E-state index in [2.05, 4.69) is 10.3 Å². The van der Waals surface area contributed by atoms with E-state index in [1.54, 1.807) is 24.3 Å². The van der Waals surface area contributed by atoms with Gasteiger partial charge in [-0.1, -0.05) is 18.6 Å². The van der Waals surface area contributed by atoms with Crippen LogP contribution >= 0.6 is 11.3 Å². The van der Waals surface area contributed by atoms with Gasteiger partial charge in [-0.2, -0.15) is 0 Å². The Morgan fingerprint density at radius 3 is 2.62 bits per heavy atom. The first kappa shape index (κ1) is 17.7. The Hall–Kier alpha value is -1.73. The highest BCUT2D eigenvalue weighted by Crippen LogP contribution is 2.49. The van der Waals surface area contributed by atoms with Gasteiger partial charge in [0, 0.05) is 23.6 Å². The van der Waals surface area contributed by atoms with E-state index >= 15 is 0 Å². The standard InChI is InChI=1S/C19H22N2O3S2/c1-26(23,24)16-6-4-13(5-7-16)17-11-25-19(20-17)21-18(22)10-15-9-12-2-3-14(15)8-12/h4-7,11-12,14-15H,2-3,8-10H2,1H3,(H,20,21,22)/t12-,14-,15+/m1/s1. The molecule has 1 aromatic heterocycles. The molecule has 2 aliphatic carbocycles. The van der Waals surface area contributed by atoms with E-state index in [4.69, 9.17) is 0 Å². The quantitative estimate of drug-likeness (QED) is 0.838. The van der Waals surface area contributed by atoms with Crippen LogP contribution in [-0.4, -0.2) is 25.6 Å². The Labute approximate surface area is 157 Å². The molecule has 1 heterocycles. The molecule has 3 atom stereocenters. The van der Waals surface area contributed by atoms with E-state index in [9.17, 15) is 13.2 Å². The average molecular weight is 391 g/mol. The van der Waals surface area contributed by atoms with Crippen molar-refractivity contribution in [3.8, 4) is 11.3 Å². The van der Waals surface area contributed by atoms with Crippen molar-refractivity contribution in [2.45, 2.75) is 37.0 Å². The third kappa shape index (κ3) is 3.69. The molecular formula is C19H22N2O3S2. The maximum atomic E-state index is 12.3. The van der Waals surface area contributed by atoms with E-state index in [1.807, 2.05) is 5.38 Å². The van der Waals surface area contributed by atoms with Crippen LogP contribution in [0.2, 0.25) is 0 Å².